The lowest BCUT2D eigenvalue weighted by atomic mass is 10.1. The Bertz CT molecular complexity index is 576. The topological polar surface area (TPSA) is 59.8 Å². The van der Waals surface area contributed by atoms with Crippen molar-refractivity contribution in [2.24, 2.45) is 7.05 Å². The highest BCUT2D eigenvalue weighted by molar-refractivity contribution is 5.92. The normalized spacial score (nSPS) is 12.2. The molecule has 0 aromatic carbocycles. The first-order valence-electron chi connectivity index (χ1n) is 6.25. The van der Waals surface area contributed by atoms with Gasteiger partial charge in [-0.05, 0) is 25.5 Å². The number of nitrogens with zero attached hydrogens (tertiary/aromatic N) is 3. The number of hydrogen-bond acceptors (Lipinski definition) is 3. The summed E-state index contributed by atoms with van der Waals surface area (Å²) < 4.78 is 1.70. The van der Waals surface area contributed by atoms with E-state index in [9.17, 15) is 4.79 Å². The second kappa shape index (κ2) is 5.65. The molecule has 5 heteroatoms. The predicted molar refractivity (Wildman–Crippen MR) is 72.8 cm³/mol. The van der Waals surface area contributed by atoms with Gasteiger partial charge in [0.1, 0.15) is 5.69 Å². The number of carbonyl (C=O) groups is 1. The van der Waals surface area contributed by atoms with Crippen molar-refractivity contribution >= 4 is 5.91 Å². The van der Waals surface area contributed by atoms with Crippen molar-refractivity contribution in [3.8, 4) is 0 Å². The van der Waals surface area contributed by atoms with Gasteiger partial charge in [-0.3, -0.25) is 9.78 Å². The van der Waals surface area contributed by atoms with Crippen LogP contribution in [0.1, 0.15) is 28.7 Å². The molecule has 0 fully saturated rings. The smallest absolute Gasteiger partial charge is 0.269 e. The van der Waals surface area contributed by atoms with E-state index in [1.807, 2.05) is 26.0 Å². The Morgan fingerprint density at radius 3 is 2.95 bits per heavy atom. The number of aromatic nitrogens is 3. The quantitative estimate of drug-likeness (QED) is 0.903. The van der Waals surface area contributed by atoms with Gasteiger partial charge < -0.3 is 9.88 Å². The molecule has 1 atom stereocenters. The third kappa shape index (κ3) is 3.19. The fourth-order valence-electron chi connectivity index (χ4n) is 1.95. The van der Waals surface area contributed by atoms with Crippen LogP contribution >= 0.6 is 0 Å². The summed E-state index contributed by atoms with van der Waals surface area (Å²) in [5.41, 5.74) is 2.72. The number of rotatable bonds is 4. The third-order valence-corrected chi connectivity index (χ3v) is 3.04. The molecule has 1 N–H and O–H groups in total. The molecule has 0 aliphatic rings. The van der Waals surface area contributed by atoms with Crippen LogP contribution in [0.3, 0.4) is 0 Å². The summed E-state index contributed by atoms with van der Waals surface area (Å²) in [6.07, 6.45) is 5.67. The second-order valence-corrected chi connectivity index (χ2v) is 4.74. The fraction of sp³-hybridized carbons (Fsp3) is 0.357. The standard InChI is InChI=1S/C14H18N4O/c1-10-5-4-6-16-12(10)7-11(2)17-14(19)13-8-15-9-18(13)3/h4-6,8-9,11H,7H2,1-3H3,(H,17,19). The fourth-order valence-corrected chi connectivity index (χ4v) is 1.95. The van der Waals surface area contributed by atoms with E-state index in [2.05, 4.69) is 15.3 Å². The Hall–Kier alpha value is -2.17. The minimum atomic E-state index is -0.110. The maximum atomic E-state index is 12.0. The highest BCUT2D eigenvalue weighted by Crippen LogP contribution is 2.07. The van der Waals surface area contributed by atoms with Crippen LogP contribution in [0.5, 0.6) is 0 Å². The maximum Gasteiger partial charge on any atom is 0.269 e. The molecule has 2 aromatic heterocycles. The molecule has 0 aliphatic carbocycles. The van der Waals surface area contributed by atoms with Crippen molar-refractivity contribution in [3.05, 3.63) is 47.8 Å². The Morgan fingerprint density at radius 1 is 1.53 bits per heavy atom. The highest BCUT2D eigenvalue weighted by atomic mass is 16.2. The minimum Gasteiger partial charge on any atom is -0.348 e. The van der Waals surface area contributed by atoms with Crippen LogP contribution in [0.4, 0.5) is 0 Å². The summed E-state index contributed by atoms with van der Waals surface area (Å²) >= 11 is 0. The number of hydrogen-bond donors (Lipinski definition) is 1. The van der Waals surface area contributed by atoms with Crippen molar-refractivity contribution < 1.29 is 4.79 Å². The number of imidazole rings is 1. The first-order valence-corrected chi connectivity index (χ1v) is 6.25. The van der Waals surface area contributed by atoms with E-state index in [4.69, 9.17) is 0 Å². The molecule has 0 saturated carbocycles. The largest absolute Gasteiger partial charge is 0.348 e. The van der Waals surface area contributed by atoms with E-state index in [0.717, 1.165) is 17.7 Å². The summed E-state index contributed by atoms with van der Waals surface area (Å²) in [5.74, 6) is -0.110. The molecule has 2 rings (SSSR count). The van der Waals surface area contributed by atoms with Crippen LogP contribution in [0, 0.1) is 6.92 Å². The second-order valence-electron chi connectivity index (χ2n) is 4.74. The van der Waals surface area contributed by atoms with Crippen molar-refractivity contribution in [1.82, 2.24) is 19.9 Å². The van der Waals surface area contributed by atoms with E-state index >= 15 is 0 Å². The molecule has 0 bridgehead atoms. The van der Waals surface area contributed by atoms with Crippen LogP contribution in [0.2, 0.25) is 0 Å². The molecule has 0 radical (unpaired) electrons. The molecular formula is C14H18N4O. The summed E-state index contributed by atoms with van der Waals surface area (Å²) in [4.78, 5) is 20.3. The molecule has 19 heavy (non-hydrogen) atoms. The highest BCUT2D eigenvalue weighted by Gasteiger charge is 2.14. The Kier molecular flexibility index (Phi) is 3.94. The Labute approximate surface area is 112 Å². The molecule has 100 valence electrons. The summed E-state index contributed by atoms with van der Waals surface area (Å²) in [5, 5.41) is 2.96. The van der Waals surface area contributed by atoms with Crippen LogP contribution in [-0.4, -0.2) is 26.5 Å². The van der Waals surface area contributed by atoms with Gasteiger partial charge in [-0.2, -0.15) is 0 Å². The lowest BCUT2D eigenvalue weighted by molar-refractivity contribution is 0.0931. The Morgan fingerprint density at radius 2 is 2.32 bits per heavy atom. The summed E-state index contributed by atoms with van der Waals surface area (Å²) in [6.45, 7) is 4.00. The average Bonchev–Trinajstić information content (AvgIpc) is 2.78. The van der Waals surface area contributed by atoms with E-state index in [1.54, 1.807) is 30.3 Å². The zero-order valence-corrected chi connectivity index (χ0v) is 11.4. The number of aryl methyl sites for hydroxylation is 2. The number of amides is 1. The van der Waals surface area contributed by atoms with E-state index in [1.165, 1.54) is 0 Å². The van der Waals surface area contributed by atoms with E-state index in [-0.39, 0.29) is 11.9 Å². The first-order chi connectivity index (χ1) is 9.08. The van der Waals surface area contributed by atoms with Crippen molar-refractivity contribution in [2.75, 3.05) is 0 Å². The number of nitrogens with one attached hydrogen (secondary N) is 1. The molecule has 0 aliphatic heterocycles. The van der Waals surface area contributed by atoms with Gasteiger partial charge in [-0.15, -0.1) is 0 Å². The van der Waals surface area contributed by atoms with Gasteiger partial charge in [0.05, 0.1) is 12.5 Å². The number of carbonyl (C=O) groups excluding carboxylic acids is 1. The molecule has 1 unspecified atom stereocenters. The molecule has 0 saturated heterocycles. The van der Waals surface area contributed by atoms with Crippen molar-refractivity contribution in [3.63, 3.8) is 0 Å². The number of pyridine rings is 1. The lowest BCUT2D eigenvalue weighted by Crippen LogP contribution is -2.35. The molecule has 2 heterocycles. The summed E-state index contributed by atoms with van der Waals surface area (Å²) in [6, 6.07) is 3.96. The maximum absolute atomic E-state index is 12.0. The van der Waals surface area contributed by atoms with Gasteiger partial charge in [-0.1, -0.05) is 6.07 Å². The van der Waals surface area contributed by atoms with Crippen LogP contribution in [-0.2, 0) is 13.5 Å². The van der Waals surface area contributed by atoms with Gasteiger partial charge in [0.25, 0.3) is 5.91 Å². The van der Waals surface area contributed by atoms with Crippen LogP contribution in [0.25, 0.3) is 0 Å². The molecule has 0 spiro atoms. The third-order valence-electron chi connectivity index (χ3n) is 3.04. The van der Waals surface area contributed by atoms with Crippen LogP contribution < -0.4 is 5.32 Å². The SMILES string of the molecule is Cc1cccnc1CC(C)NC(=O)c1cncn1C. The Balaban J connectivity index is 1.99. The zero-order valence-electron chi connectivity index (χ0n) is 11.4. The average molecular weight is 258 g/mol. The van der Waals surface area contributed by atoms with Gasteiger partial charge in [0, 0.05) is 31.4 Å². The van der Waals surface area contributed by atoms with E-state index in [0.29, 0.717) is 5.69 Å². The van der Waals surface area contributed by atoms with E-state index < -0.39 is 0 Å². The van der Waals surface area contributed by atoms with Crippen molar-refractivity contribution in [2.45, 2.75) is 26.3 Å². The minimum absolute atomic E-state index is 0.0241. The predicted octanol–water partition coefficient (Wildman–Crippen LogP) is 1.48. The van der Waals surface area contributed by atoms with Crippen LogP contribution in [0.15, 0.2) is 30.9 Å². The molecular weight excluding hydrogens is 240 g/mol. The van der Waals surface area contributed by atoms with Gasteiger partial charge >= 0.3 is 0 Å². The van der Waals surface area contributed by atoms with Gasteiger partial charge in [0.15, 0.2) is 0 Å². The molecule has 2 aromatic rings. The summed E-state index contributed by atoms with van der Waals surface area (Å²) in [7, 11) is 1.80. The molecule has 5 nitrogen and oxygen atoms in total. The molecule has 1 amide bonds. The van der Waals surface area contributed by atoms with Gasteiger partial charge in [-0.25, -0.2) is 4.98 Å². The van der Waals surface area contributed by atoms with Crippen molar-refractivity contribution in [1.29, 1.82) is 0 Å². The first kappa shape index (κ1) is 13.3. The zero-order chi connectivity index (χ0) is 13.8. The lowest BCUT2D eigenvalue weighted by Gasteiger charge is -2.14. The van der Waals surface area contributed by atoms with Gasteiger partial charge in [0.2, 0.25) is 0 Å². The monoisotopic (exact) mass is 258 g/mol.